The number of hydrogen-bond acceptors (Lipinski definition) is 7. The highest BCUT2D eigenvalue weighted by atomic mass is 16.6. The predicted octanol–water partition coefficient (Wildman–Crippen LogP) is 6.05. The number of benzene rings is 3. The Morgan fingerprint density at radius 3 is 2.53 bits per heavy atom. The van der Waals surface area contributed by atoms with Gasteiger partial charge in [0.15, 0.2) is 0 Å². The van der Waals surface area contributed by atoms with E-state index in [0.717, 1.165) is 49.2 Å². The van der Waals surface area contributed by atoms with Crippen molar-refractivity contribution in [2.24, 2.45) is 0 Å². The molecular formula is C36H38N4O5. The van der Waals surface area contributed by atoms with Gasteiger partial charge < -0.3 is 19.1 Å². The van der Waals surface area contributed by atoms with Crippen molar-refractivity contribution in [3.05, 3.63) is 95.7 Å². The van der Waals surface area contributed by atoms with Crippen molar-refractivity contribution in [2.75, 3.05) is 38.2 Å². The lowest BCUT2D eigenvalue weighted by atomic mass is 10.00. The third-order valence-corrected chi connectivity index (χ3v) is 9.21. The van der Waals surface area contributed by atoms with Crippen LogP contribution >= 0.6 is 0 Å². The highest BCUT2D eigenvalue weighted by molar-refractivity contribution is 5.97. The highest BCUT2D eigenvalue weighted by Gasteiger charge is 2.35. The standard InChI is InChI=1S/C36H38N4O5/c1-43-34-21-30(45-29-14-16-38(17-15-29)23-25-20-26-6-2-4-8-32(26)37-22-25)10-11-31(34)35(41)39-18-12-28(13-19-39)40-33-9-5-3-7-27(33)24-44-36(40)42/h2-11,20-22,28-29H,12-19,23-24H2,1H3. The Kier molecular flexibility index (Phi) is 8.26. The molecule has 0 atom stereocenters. The summed E-state index contributed by atoms with van der Waals surface area (Å²) in [5, 5.41) is 1.17. The number of hydrogen-bond donors (Lipinski definition) is 0. The van der Waals surface area contributed by atoms with Gasteiger partial charge in [-0.05, 0) is 61.6 Å². The fraction of sp³-hybridized carbons (Fsp3) is 0.361. The molecule has 0 saturated carbocycles. The number of cyclic esters (lactones) is 1. The first-order valence-corrected chi connectivity index (χ1v) is 15.8. The summed E-state index contributed by atoms with van der Waals surface area (Å²) in [6.45, 7) is 4.16. The number of piperidine rings is 2. The number of carbonyl (C=O) groups excluding carboxylic acids is 2. The van der Waals surface area contributed by atoms with Crippen molar-refractivity contribution in [1.82, 2.24) is 14.8 Å². The van der Waals surface area contributed by atoms with Crippen LogP contribution in [-0.4, -0.2) is 72.2 Å². The predicted molar refractivity (Wildman–Crippen MR) is 172 cm³/mol. The second-order valence-corrected chi connectivity index (χ2v) is 12.1. The summed E-state index contributed by atoms with van der Waals surface area (Å²) in [5.41, 5.74) is 4.68. The number of likely N-dealkylation sites (tertiary alicyclic amines) is 2. The van der Waals surface area contributed by atoms with Gasteiger partial charge in [0.1, 0.15) is 24.2 Å². The lowest BCUT2D eigenvalue weighted by molar-refractivity contribution is 0.0704. The fourth-order valence-electron chi connectivity index (χ4n) is 6.78. The van der Waals surface area contributed by atoms with E-state index >= 15 is 0 Å². The first kappa shape index (κ1) is 29.1. The van der Waals surface area contributed by atoms with E-state index in [2.05, 4.69) is 22.0 Å². The van der Waals surface area contributed by atoms with Crippen molar-refractivity contribution < 1.29 is 23.8 Å². The lowest BCUT2D eigenvalue weighted by Crippen LogP contribution is -2.50. The maximum absolute atomic E-state index is 13.6. The van der Waals surface area contributed by atoms with Crippen LogP contribution in [0.3, 0.4) is 0 Å². The summed E-state index contributed by atoms with van der Waals surface area (Å²) in [6.07, 6.45) is 4.97. The highest BCUT2D eigenvalue weighted by Crippen LogP contribution is 2.33. The molecule has 0 spiro atoms. The number of rotatable bonds is 7. The van der Waals surface area contributed by atoms with Crippen LogP contribution in [0.4, 0.5) is 10.5 Å². The van der Waals surface area contributed by atoms with E-state index in [4.69, 9.17) is 14.2 Å². The molecule has 3 aliphatic heterocycles. The SMILES string of the molecule is COc1cc(OC2CCN(Cc3cnc4ccccc4c3)CC2)ccc1C(=O)N1CCC(N2C(=O)OCc3ccccc32)CC1. The molecule has 0 aliphatic carbocycles. The zero-order chi connectivity index (χ0) is 30.8. The Morgan fingerprint density at radius 2 is 1.71 bits per heavy atom. The Bertz CT molecular complexity index is 1690. The van der Waals surface area contributed by atoms with Crippen LogP contribution in [0, 0.1) is 0 Å². The fourth-order valence-corrected chi connectivity index (χ4v) is 6.78. The van der Waals surface area contributed by atoms with Crippen molar-refractivity contribution in [3.8, 4) is 11.5 Å². The maximum Gasteiger partial charge on any atom is 0.414 e. The van der Waals surface area contributed by atoms with Crippen LogP contribution in [-0.2, 0) is 17.9 Å². The van der Waals surface area contributed by atoms with Gasteiger partial charge in [0.25, 0.3) is 5.91 Å². The molecule has 0 unspecified atom stereocenters. The molecule has 4 aromatic rings. The van der Waals surface area contributed by atoms with Gasteiger partial charge in [0, 0.05) is 62.0 Å². The number of ether oxygens (including phenoxy) is 3. The van der Waals surface area contributed by atoms with Gasteiger partial charge in [-0.25, -0.2) is 4.79 Å². The molecule has 45 heavy (non-hydrogen) atoms. The lowest BCUT2D eigenvalue weighted by Gasteiger charge is -2.40. The van der Waals surface area contributed by atoms with Crippen molar-refractivity contribution in [1.29, 1.82) is 0 Å². The minimum atomic E-state index is -0.316. The molecular weight excluding hydrogens is 568 g/mol. The number of aromatic nitrogens is 1. The van der Waals surface area contributed by atoms with Gasteiger partial charge in [0.05, 0.1) is 23.9 Å². The van der Waals surface area contributed by atoms with Crippen LogP contribution in [0.5, 0.6) is 11.5 Å². The average Bonchev–Trinajstić information content (AvgIpc) is 3.09. The largest absolute Gasteiger partial charge is 0.496 e. The van der Waals surface area contributed by atoms with Gasteiger partial charge in [-0.2, -0.15) is 0 Å². The third-order valence-electron chi connectivity index (χ3n) is 9.21. The molecule has 9 heteroatoms. The molecule has 232 valence electrons. The molecule has 7 rings (SSSR count). The smallest absolute Gasteiger partial charge is 0.414 e. The molecule has 0 N–H and O–H groups in total. The number of nitrogens with zero attached hydrogens (tertiary/aromatic N) is 4. The molecule has 3 aromatic carbocycles. The monoisotopic (exact) mass is 606 g/mol. The number of carbonyl (C=O) groups is 2. The average molecular weight is 607 g/mol. The second-order valence-electron chi connectivity index (χ2n) is 12.1. The van der Waals surface area contributed by atoms with Crippen LogP contribution < -0.4 is 14.4 Å². The minimum absolute atomic E-state index is 0.0173. The molecule has 2 saturated heterocycles. The van der Waals surface area contributed by atoms with Gasteiger partial charge in [0.2, 0.25) is 0 Å². The summed E-state index contributed by atoms with van der Waals surface area (Å²) in [5.74, 6) is 1.14. The van der Waals surface area contributed by atoms with Gasteiger partial charge in [-0.15, -0.1) is 0 Å². The molecule has 3 aliphatic rings. The van der Waals surface area contributed by atoms with Crippen molar-refractivity contribution in [3.63, 3.8) is 0 Å². The zero-order valence-electron chi connectivity index (χ0n) is 25.6. The van der Waals surface area contributed by atoms with E-state index in [1.165, 1.54) is 10.9 Å². The molecule has 0 bridgehead atoms. The molecule has 9 nitrogen and oxygen atoms in total. The van der Waals surface area contributed by atoms with Crippen LogP contribution in [0.1, 0.15) is 47.2 Å². The van der Waals surface area contributed by atoms with Gasteiger partial charge >= 0.3 is 6.09 Å². The molecule has 2 amide bonds. The number of amides is 2. The van der Waals surface area contributed by atoms with E-state index in [9.17, 15) is 9.59 Å². The topological polar surface area (TPSA) is 84.4 Å². The normalized spacial score (nSPS) is 18.0. The molecule has 0 radical (unpaired) electrons. The molecule has 2 fully saturated rings. The zero-order valence-corrected chi connectivity index (χ0v) is 25.6. The third kappa shape index (κ3) is 6.17. The number of fused-ring (bicyclic) bond motifs is 2. The molecule has 1 aromatic heterocycles. The van der Waals surface area contributed by atoms with Gasteiger partial charge in [-0.3, -0.25) is 19.6 Å². The quantitative estimate of drug-likeness (QED) is 0.253. The minimum Gasteiger partial charge on any atom is -0.496 e. The van der Waals surface area contributed by atoms with E-state index in [1.807, 2.05) is 71.8 Å². The maximum atomic E-state index is 13.6. The summed E-state index contributed by atoms with van der Waals surface area (Å²) in [6, 6.07) is 23.8. The summed E-state index contributed by atoms with van der Waals surface area (Å²) in [7, 11) is 1.58. The summed E-state index contributed by atoms with van der Waals surface area (Å²) < 4.78 is 17.4. The first-order chi connectivity index (χ1) is 22.1. The summed E-state index contributed by atoms with van der Waals surface area (Å²) in [4.78, 5) is 36.9. The van der Waals surface area contributed by atoms with Crippen molar-refractivity contribution in [2.45, 2.75) is 51.0 Å². The number of para-hydroxylation sites is 2. The van der Waals surface area contributed by atoms with E-state index in [1.54, 1.807) is 12.0 Å². The van der Waals surface area contributed by atoms with Crippen LogP contribution in [0.25, 0.3) is 10.9 Å². The first-order valence-electron chi connectivity index (χ1n) is 15.8. The number of methoxy groups -OCH3 is 1. The van der Waals surface area contributed by atoms with E-state index in [0.29, 0.717) is 49.6 Å². The van der Waals surface area contributed by atoms with Crippen LogP contribution in [0.15, 0.2) is 79.0 Å². The number of pyridine rings is 1. The van der Waals surface area contributed by atoms with Crippen LogP contribution in [0.2, 0.25) is 0 Å². The van der Waals surface area contributed by atoms with E-state index < -0.39 is 0 Å². The van der Waals surface area contributed by atoms with E-state index in [-0.39, 0.29) is 24.1 Å². The Balaban J connectivity index is 0.932. The Morgan fingerprint density at radius 1 is 0.933 bits per heavy atom. The van der Waals surface area contributed by atoms with Gasteiger partial charge in [-0.1, -0.05) is 36.4 Å². The summed E-state index contributed by atoms with van der Waals surface area (Å²) >= 11 is 0. The molecule has 4 heterocycles. The Labute approximate surface area is 263 Å². The Hall–Kier alpha value is -4.63. The van der Waals surface area contributed by atoms with Crippen molar-refractivity contribution >= 4 is 28.6 Å². The second kappa shape index (κ2) is 12.8. The number of anilines is 1.